The molecule has 2 aliphatic rings. The summed E-state index contributed by atoms with van der Waals surface area (Å²) in [6.45, 7) is 4.56. The maximum absolute atomic E-state index is 13.3. The summed E-state index contributed by atoms with van der Waals surface area (Å²) in [5, 5.41) is 0. The van der Waals surface area contributed by atoms with Crippen LogP contribution in [0.2, 0.25) is 0 Å². The van der Waals surface area contributed by atoms with Crippen LogP contribution in [-0.4, -0.2) is 36.9 Å². The molecular weight excluding hydrogens is 352 g/mol. The van der Waals surface area contributed by atoms with E-state index in [2.05, 4.69) is 12.6 Å². The molecule has 4 rings (SSSR count). The molecule has 0 spiro atoms. The Morgan fingerprint density at radius 1 is 1.07 bits per heavy atom. The average Bonchev–Trinajstić information content (AvgIpc) is 2.98. The number of carbonyl (C=O) groups excluding carboxylic acids is 2. The maximum atomic E-state index is 13.3. The third kappa shape index (κ3) is 2.80. The quantitative estimate of drug-likeness (QED) is 0.594. The first kappa shape index (κ1) is 18.0. The van der Waals surface area contributed by atoms with Gasteiger partial charge in [-0.15, -0.1) is 6.58 Å². The van der Waals surface area contributed by atoms with E-state index in [0.717, 1.165) is 18.5 Å². The van der Waals surface area contributed by atoms with E-state index in [9.17, 15) is 9.59 Å². The number of hydrogen-bond donors (Lipinski definition) is 0. The Labute approximate surface area is 164 Å². The lowest BCUT2D eigenvalue weighted by Gasteiger charge is -2.32. The predicted molar refractivity (Wildman–Crippen MR) is 109 cm³/mol. The van der Waals surface area contributed by atoms with Gasteiger partial charge in [-0.3, -0.25) is 14.5 Å². The molecule has 0 aliphatic carbocycles. The molecule has 2 heterocycles. The Morgan fingerprint density at radius 3 is 2.61 bits per heavy atom. The van der Waals surface area contributed by atoms with E-state index in [1.165, 1.54) is 10.5 Å². The van der Waals surface area contributed by atoms with Crippen molar-refractivity contribution < 1.29 is 14.3 Å². The Hall–Kier alpha value is -3.34. The standard InChI is InChI=1S/C23H22N2O3/c1-3-14-25-22(26)20(17-11-5-7-13-19(17)28-2)21(23(25)27)24-15-8-10-16-9-4-6-12-18(16)24/h3-7,9,11-13H,1,8,10,14-15H2,2H3. The number of rotatable bonds is 5. The van der Waals surface area contributed by atoms with Crippen LogP contribution in [0.1, 0.15) is 17.5 Å². The summed E-state index contributed by atoms with van der Waals surface area (Å²) in [5.41, 5.74) is 3.61. The number of benzene rings is 2. The van der Waals surface area contributed by atoms with Crippen LogP contribution < -0.4 is 9.64 Å². The minimum absolute atomic E-state index is 0.176. The Kier molecular flexibility index (Phi) is 4.74. The molecule has 142 valence electrons. The summed E-state index contributed by atoms with van der Waals surface area (Å²) in [7, 11) is 1.57. The van der Waals surface area contributed by atoms with Crippen LogP contribution in [0.25, 0.3) is 5.57 Å². The molecule has 0 aromatic heterocycles. The highest BCUT2D eigenvalue weighted by molar-refractivity contribution is 6.37. The van der Waals surface area contributed by atoms with Gasteiger partial charge in [0, 0.05) is 24.3 Å². The second-order valence-corrected chi connectivity index (χ2v) is 6.82. The van der Waals surface area contributed by atoms with Gasteiger partial charge in [0.15, 0.2) is 0 Å². The monoisotopic (exact) mass is 374 g/mol. The molecule has 5 heteroatoms. The molecule has 0 bridgehead atoms. The topological polar surface area (TPSA) is 49.9 Å². The molecule has 0 unspecified atom stereocenters. The molecular formula is C23H22N2O3. The number of aryl methyl sites for hydroxylation is 1. The van der Waals surface area contributed by atoms with E-state index in [0.29, 0.717) is 29.1 Å². The minimum Gasteiger partial charge on any atom is -0.496 e. The summed E-state index contributed by atoms with van der Waals surface area (Å²) >= 11 is 0. The first-order valence-electron chi connectivity index (χ1n) is 9.37. The number of methoxy groups -OCH3 is 1. The molecule has 2 aromatic rings. The number of para-hydroxylation sites is 2. The fourth-order valence-electron chi connectivity index (χ4n) is 3.97. The van der Waals surface area contributed by atoms with Crippen LogP contribution in [0, 0.1) is 0 Å². The number of anilines is 1. The lowest BCUT2D eigenvalue weighted by Crippen LogP contribution is -2.37. The molecule has 0 N–H and O–H groups in total. The van der Waals surface area contributed by atoms with Crippen molar-refractivity contribution in [3.8, 4) is 5.75 Å². The maximum Gasteiger partial charge on any atom is 0.278 e. The van der Waals surface area contributed by atoms with Crippen molar-refractivity contribution in [2.45, 2.75) is 12.8 Å². The van der Waals surface area contributed by atoms with Crippen LogP contribution >= 0.6 is 0 Å². The molecule has 0 saturated carbocycles. The van der Waals surface area contributed by atoms with Gasteiger partial charge in [0.1, 0.15) is 11.4 Å². The van der Waals surface area contributed by atoms with Crippen molar-refractivity contribution in [1.82, 2.24) is 4.90 Å². The van der Waals surface area contributed by atoms with E-state index >= 15 is 0 Å². The normalized spacial score (nSPS) is 16.5. The lowest BCUT2D eigenvalue weighted by atomic mass is 9.98. The fourth-order valence-corrected chi connectivity index (χ4v) is 3.97. The zero-order valence-electron chi connectivity index (χ0n) is 15.9. The lowest BCUT2D eigenvalue weighted by molar-refractivity contribution is -0.136. The SMILES string of the molecule is C=CCN1C(=O)C(c2ccccc2OC)=C(N2CCCc3ccccc32)C1=O. The Bertz CT molecular complexity index is 993. The van der Waals surface area contributed by atoms with Gasteiger partial charge in [0.05, 0.1) is 12.7 Å². The molecule has 5 nitrogen and oxygen atoms in total. The molecule has 2 aromatic carbocycles. The van der Waals surface area contributed by atoms with E-state index in [1.54, 1.807) is 19.3 Å². The van der Waals surface area contributed by atoms with Crippen LogP contribution in [0.15, 0.2) is 66.9 Å². The first-order chi connectivity index (χ1) is 13.7. The van der Waals surface area contributed by atoms with Crippen molar-refractivity contribution >= 4 is 23.1 Å². The number of nitrogens with zero attached hydrogens (tertiary/aromatic N) is 2. The number of imide groups is 1. The molecule has 2 aliphatic heterocycles. The van der Waals surface area contributed by atoms with E-state index in [4.69, 9.17) is 4.74 Å². The number of ether oxygens (including phenoxy) is 1. The van der Waals surface area contributed by atoms with E-state index < -0.39 is 0 Å². The Morgan fingerprint density at radius 2 is 1.82 bits per heavy atom. The molecule has 28 heavy (non-hydrogen) atoms. The zero-order valence-corrected chi connectivity index (χ0v) is 15.9. The highest BCUT2D eigenvalue weighted by atomic mass is 16.5. The summed E-state index contributed by atoms with van der Waals surface area (Å²) < 4.78 is 5.49. The summed E-state index contributed by atoms with van der Waals surface area (Å²) in [6.07, 6.45) is 3.45. The minimum atomic E-state index is -0.313. The van der Waals surface area contributed by atoms with Crippen molar-refractivity contribution in [2.75, 3.05) is 25.1 Å². The van der Waals surface area contributed by atoms with Crippen LogP contribution in [0.4, 0.5) is 5.69 Å². The van der Waals surface area contributed by atoms with Gasteiger partial charge in [0.25, 0.3) is 11.8 Å². The number of fused-ring (bicyclic) bond motifs is 1. The van der Waals surface area contributed by atoms with E-state index in [1.807, 2.05) is 41.3 Å². The third-order valence-corrected chi connectivity index (χ3v) is 5.21. The van der Waals surface area contributed by atoms with Crippen molar-refractivity contribution in [3.05, 3.63) is 78.0 Å². The summed E-state index contributed by atoms with van der Waals surface area (Å²) in [5.74, 6) is -0.0307. The predicted octanol–water partition coefficient (Wildman–Crippen LogP) is 3.41. The van der Waals surface area contributed by atoms with Crippen molar-refractivity contribution in [2.24, 2.45) is 0 Å². The number of amides is 2. The van der Waals surface area contributed by atoms with Gasteiger partial charge < -0.3 is 9.64 Å². The van der Waals surface area contributed by atoms with Gasteiger partial charge in [0.2, 0.25) is 0 Å². The number of hydrogen-bond acceptors (Lipinski definition) is 4. The molecule has 0 fully saturated rings. The van der Waals surface area contributed by atoms with E-state index in [-0.39, 0.29) is 18.4 Å². The van der Waals surface area contributed by atoms with Gasteiger partial charge in [-0.05, 0) is 30.5 Å². The van der Waals surface area contributed by atoms with Gasteiger partial charge in [-0.25, -0.2) is 0 Å². The third-order valence-electron chi connectivity index (χ3n) is 5.21. The molecule has 2 amide bonds. The van der Waals surface area contributed by atoms with Gasteiger partial charge >= 0.3 is 0 Å². The molecule has 0 radical (unpaired) electrons. The second kappa shape index (κ2) is 7.35. The Balaban J connectivity index is 1.94. The largest absolute Gasteiger partial charge is 0.496 e. The van der Waals surface area contributed by atoms with Crippen LogP contribution in [0.3, 0.4) is 0 Å². The smallest absolute Gasteiger partial charge is 0.278 e. The zero-order chi connectivity index (χ0) is 19.7. The highest BCUT2D eigenvalue weighted by Crippen LogP contribution is 2.40. The van der Waals surface area contributed by atoms with Gasteiger partial charge in [-0.2, -0.15) is 0 Å². The first-order valence-corrected chi connectivity index (χ1v) is 9.37. The van der Waals surface area contributed by atoms with Crippen molar-refractivity contribution in [1.29, 1.82) is 0 Å². The number of carbonyl (C=O) groups is 2. The van der Waals surface area contributed by atoms with Crippen molar-refractivity contribution in [3.63, 3.8) is 0 Å². The summed E-state index contributed by atoms with van der Waals surface area (Å²) in [6, 6.07) is 15.4. The average molecular weight is 374 g/mol. The molecule has 0 atom stereocenters. The highest BCUT2D eigenvalue weighted by Gasteiger charge is 2.43. The second-order valence-electron chi connectivity index (χ2n) is 6.82. The van der Waals surface area contributed by atoms with Crippen LogP contribution in [-0.2, 0) is 16.0 Å². The summed E-state index contributed by atoms with van der Waals surface area (Å²) in [4.78, 5) is 29.8. The van der Waals surface area contributed by atoms with Crippen LogP contribution in [0.5, 0.6) is 5.75 Å². The fraction of sp³-hybridized carbons (Fsp3) is 0.217. The van der Waals surface area contributed by atoms with Gasteiger partial charge in [-0.1, -0.05) is 42.5 Å². The molecule has 0 saturated heterocycles.